The number of nitrogens with zero attached hydrogens (tertiary/aromatic N) is 2. The monoisotopic (exact) mass is 644 g/mol. The van der Waals surface area contributed by atoms with E-state index >= 15 is 0 Å². The molecule has 232 valence electrons. The maximum absolute atomic E-state index is 8.52. The molecule has 0 aromatic heterocycles. The van der Waals surface area contributed by atoms with E-state index < -0.39 is 10.4 Å². The van der Waals surface area contributed by atoms with Gasteiger partial charge in [-0.25, -0.2) is 9.15 Å². The minimum atomic E-state index is -5.17. The zero-order valence-electron chi connectivity index (χ0n) is 24.4. The standard InChI is InChI=1S/2C15H19N3S.H2O4S/c2*1-2-18(15(17)19-11-10-16)14-9-5-7-12-6-3-4-8-13(12)14;1-5(2,3)4/h2*3-9,17H,2,10-11,16H2,1H3;(H2,1,2,3,4). The summed E-state index contributed by atoms with van der Waals surface area (Å²) in [6.07, 6.45) is 0. The summed E-state index contributed by atoms with van der Waals surface area (Å²) in [5, 5.41) is 6.53. The van der Waals surface area contributed by atoms with Crippen molar-refractivity contribution in [3.8, 4) is 0 Å². The molecule has 0 amide bonds. The zero-order valence-corrected chi connectivity index (χ0v) is 26.8. The molecule has 0 heterocycles. The molecule has 0 aliphatic rings. The summed E-state index contributed by atoms with van der Waals surface area (Å²) in [4.78, 5) is 0. The average molecular weight is 645 g/mol. The van der Waals surface area contributed by atoms with Crippen molar-refractivity contribution in [3.05, 3.63) is 84.9 Å². The van der Waals surface area contributed by atoms with Crippen LogP contribution in [-0.4, -0.2) is 74.7 Å². The number of amidine groups is 2. The highest BCUT2D eigenvalue weighted by molar-refractivity contribution is 8.13. The van der Waals surface area contributed by atoms with Gasteiger partial charge in [0.25, 0.3) is 0 Å². The molecule has 0 unspecified atom stereocenters. The molecule has 4 aromatic rings. The Hall–Kier alpha value is -3.17. The molecule has 4 rings (SSSR count). The van der Waals surface area contributed by atoms with E-state index in [1.54, 1.807) is 23.5 Å². The van der Waals surface area contributed by atoms with Crippen molar-refractivity contribution in [2.45, 2.75) is 13.8 Å². The SMILES string of the molecule is CC[N+](=C(N)SCCN)c1cccc2ccccc12.CC[N+](=C(N)SCCN)c1cccc2ccccc12.O=S(=O)([O-])[O-]. The van der Waals surface area contributed by atoms with Crippen LogP contribution in [0.3, 0.4) is 0 Å². The van der Waals surface area contributed by atoms with Crippen LogP contribution in [0.25, 0.3) is 21.5 Å². The van der Waals surface area contributed by atoms with E-state index in [2.05, 4.69) is 108 Å². The Labute approximate surface area is 262 Å². The van der Waals surface area contributed by atoms with E-state index in [0.29, 0.717) is 13.1 Å². The second kappa shape index (κ2) is 18.5. The Morgan fingerprint density at radius 3 is 1.30 bits per heavy atom. The Balaban J connectivity index is 0.000000260. The lowest BCUT2D eigenvalue weighted by Gasteiger charge is -2.10. The molecule has 13 heteroatoms. The number of rotatable bonds is 8. The fourth-order valence-corrected chi connectivity index (χ4v) is 5.68. The van der Waals surface area contributed by atoms with E-state index in [9.17, 15) is 0 Å². The highest BCUT2D eigenvalue weighted by Gasteiger charge is 2.14. The largest absolute Gasteiger partial charge is 0.759 e. The van der Waals surface area contributed by atoms with Crippen LogP contribution in [0.4, 0.5) is 11.4 Å². The van der Waals surface area contributed by atoms with Gasteiger partial charge in [-0.2, -0.15) is 0 Å². The molecule has 4 aromatic carbocycles. The molecule has 10 nitrogen and oxygen atoms in total. The lowest BCUT2D eigenvalue weighted by molar-refractivity contribution is -0.432. The number of hydrogen-bond donors (Lipinski definition) is 4. The van der Waals surface area contributed by atoms with E-state index in [-0.39, 0.29) is 0 Å². The highest BCUT2D eigenvalue weighted by atomic mass is 32.3. The van der Waals surface area contributed by atoms with Crippen LogP contribution >= 0.6 is 23.5 Å². The van der Waals surface area contributed by atoms with Crippen molar-refractivity contribution in [1.82, 2.24) is 0 Å². The zero-order chi connectivity index (χ0) is 31.8. The van der Waals surface area contributed by atoms with Gasteiger partial charge in [-0.05, 0) is 60.3 Å². The molecule has 0 fully saturated rings. The molecular formula is C30H40N6O4S3. The van der Waals surface area contributed by atoms with Gasteiger partial charge in [-0.15, -0.1) is 0 Å². The van der Waals surface area contributed by atoms with E-state index in [1.807, 2.05) is 0 Å². The van der Waals surface area contributed by atoms with Gasteiger partial charge < -0.3 is 20.6 Å². The van der Waals surface area contributed by atoms with Crippen molar-refractivity contribution in [1.29, 1.82) is 0 Å². The normalized spacial score (nSPS) is 12.4. The maximum atomic E-state index is 8.52. The minimum Gasteiger partial charge on any atom is -0.759 e. The summed E-state index contributed by atoms with van der Waals surface area (Å²) in [5.74, 6) is 1.68. The molecule has 43 heavy (non-hydrogen) atoms. The van der Waals surface area contributed by atoms with Crippen LogP contribution in [0.1, 0.15) is 13.8 Å². The summed E-state index contributed by atoms with van der Waals surface area (Å²) < 4.78 is 38.4. The van der Waals surface area contributed by atoms with Crippen molar-refractivity contribution in [2.75, 3.05) is 37.7 Å². The minimum absolute atomic E-state index is 0.637. The lowest BCUT2D eigenvalue weighted by atomic mass is 10.1. The van der Waals surface area contributed by atoms with Crippen LogP contribution < -0.4 is 22.9 Å². The van der Waals surface area contributed by atoms with Gasteiger partial charge in [-0.3, -0.25) is 19.9 Å². The van der Waals surface area contributed by atoms with Gasteiger partial charge in [0.15, 0.2) is 0 Å². The molecule has 0 spiro atoms. The van der Waals surface area contributed by atoms with Crippen LogP contribution in [-0.2, 0) is 10.4 Å². The highest BCUT2D eigenvalue weighted by Crippen LogP contribution is 2.27. The molecule has 0 saturated heterocycles. The van der Waals surface area contributed by atoms with E-state index in [1.165, 1.54) is 21.5 Å². The third-order valence-electron chi connectivity index (χ3n) is 6.01. The molecular weight excluding hydrogens is 605 g/mol. The van der Waals surface area contributed by atoms with Crippen LogP contribution in [0.5, 0.6) is 0 Å². The van der Waals surface area contributed by atoms with Gasteiger partial charge in [0.05, 0.1) is 13.1 Å². The molecule has 8 N–H and O–H groups in total. The maximum Gasteiger partial charge on any atom is 0.309 e. The van der Waals surface area contributed by atoms with Crippen molar-refractivity contribution in [2.24, 2.45) is 22.9 Å². The topological polar surface area (TPSA) is 190 Å². The van der Waals surface area contributed by atoms with Gasteiger partial charge in [0, 0.05) is 45.8 Å². The first-order valence-corrected chi connectivity index (χ1v) is 16.9. The fraction of sp³-hybridized carbons (Fsp3) is 0.267. The number of hydrogen-bond acceptors (Lipinski definition) is 8. The summed E-state index contributed by atoms with van der Waals surface area (Å²) in [7, 11) is -5.17. The molecule has 0 aliphatic carbocycles. The number of fused-ring (bicyclic) bond motifs is 2. The fourth-order valence-electron chi connectivity index (χ4n) is 4.26. The number of nitrogens with two attached hydrogens (primary N) is 4. The van der Waals surface area contributed by atoms with Gasteiger partial charge in [-0.1, -0.05) is 72.8 Å². The summed E-state index contributed by atoms with van der Waals surface area (Å²) in [6, 6.07) is 29.3. The predicted molar refractivity (Wildman–Crippen MR) is 181 cm³/mol. The Kier molecular flexibility index (Phi) is 15.5. The van der Waals surface area contributed by atoms with Crippen molar-refractivity contribution in [3.63, 3.8) is 0 Å². The van der Waals surface area contributed by atoms with Gasteiger partial charge in [0.1, 0.15) is 11.4 Å². The average Bonchev–Trinajstić information content (AvgIpc) is 2.99. The second-order valence-electron chi connectivity index (χ2n) is 8.84. The lowest BCUT2D eigenvalue weighted by Crippen LogP contribution is -2.23. The Bertz CT molecular complexity index is 1520. The first kappa shape index (κ1) is 36.0. The molecule has 0 atom stereocenters. The Morgan fingerprint density at radius 2 is 0.977 bits per heavy atom. The molecule has 0 aliphatic heterocycles. The predicted octanol–water partition coefficient (Wildman–Crippen LogP) is 3.68. The van der Waals surface area contributed by atoms with Crippen LogP contribution in [0, 0.1) is 0 Å². The third kappa shape index (κ3) is 11.8. The quantitative estimate of drug-likeness (QED) is 0.0723. The third-order valence-corrected chi connectivity index (χ3v) is 7.93. The summed E-state index contributed by atoms with van der Waals surface area (Å²) in [5.41, 5.74) is 25.8. The van der Waals surface area contributed by atoms with Gasteiger partial charge >= 0.3 is 10.3 Å². The molecule has 0 bridgehead atoms. The first-order valence-electron chi connectivity index (χ1n) is 13.6. The van der Waals surface area contributed by atoms with E-state index in [0.717, 1.165) is 46.3 Å². The van der Waals surface area contributed by atoms with Gasteiger partial charge in [0.2, 0.25) is 0 Å². The first-order chi connectivity index (χ1) is 20.5. The van der Waals surface area contributed by atoms with Crippen molar-refractivity contribution < 1.29 is 26.7 Å². The second-order valence-corrected chi connectivity index (χ2v) is 11.9. The molecule has 0 saturated carbocycles. The Morgan fingerprint density at radius 1 is 0.651 bits per heavy atom. The van der Waals surface area contributed by atoms with E-state index in [4.69, 9.17) is 40.5 Å². The number of thioether (sulfide) groups is 2. The van der Waals surface area contributed by atoms with Crippen molar-refractivity contribution >= 4 is 77.2 Å². The van der Waals surface area contributed by atoms with Crippen LogP contribution in [0.15, 0.2) is 84.9 Å². The summed E-state index contributed by atoms with van der Waals surface area (Å²) >= 11 is 3.22. The van der Waals surface area contributed by atoms with Crippen LogP contribution in [0.2, 0.25) is 0 Å². The number of benzene rings is 4. The molecule has 0 radical (unpaired) electrons. The smallest absolute Gasteiger partial charge is 0.309 e. The summed E-state index contributed by atoms with van der Waals surface area (Å²) in [6.45, 7) is 7.18.